The van der Waals surface area contributed by atoms with E-state index in [1.807, 2.05) is 0 Å². The van der Waals surface area contributed by atoms with Gasteiger partial charge in [-0.05, 0) is 19.1 Å². The summed E-state index contributed by atoms with van der Waals surface area (Å²) in [4.78, 5) is 20.7. The molecule has 1 rings (SSSR count). The summed E-state index contributed by atoms with van der Waals surface area (Å²) in [6, 6.07) is 1.22. The zero-order valence-corrected chi connectivity index (χ0v) is 12.9. The number of aliphatic imine (C=N–C) groups is 1. The number of carbonyl (C=O) groups excluding carboxylic acids is 1. The van der Waals surface area contributed by atoms with Gasteiger partial charge in [0.15, 0.2) is 0 Å². The molecule has 0 saturated heterocycles. The van der Waals surface area contributed by atoms with Crippen molar-refractivity contribution in [3.8, 4) is 0 Å². The molecule has 1 heterocycles. The van der Waals surface area contributed by atoms with E-state index in [1.54, 1.807) is 30.6 Å². The molecule has 0 aliphatic heterocycles. The number of carbonyl (C=O) groups is 1. The van der Waals surface area contributed by atoms with E-state index in [9.17, 15) is 18.0 Å². The summed E-state index contributed by atoms with van der Waals surface area (Å²) < 4.78 is 36.5. The molecule has 0 radical (unpaired) electrons. The minimum atomic E-state index is -4.52. The van der Waals surface area contributed by atoms with E-state index in [-0.39, 0.29) is 6.54 Å². The van der Waals surface area contributed by atoms with Crippen LogP contribution in [-0.2, 0) is 0 Å². The monoisotopic (exact) mass is 349 g/mol. The van der Waals surface area contributed by atoms with Crippen LogP contribution in [0.15, 0.2) is 29.5 Å². The Bertz CT molecular complexity index is 564. The summed E-state index contributed by atoms with van der Waals surface area (Å²) in [6.07, 6.45) is -0.319. The molecule has 10 heteroatoms. The van der Waals surface area contributed by atoms with Crippen LogP contribution in [0.3, 0.4) is 0 Å². The van der Waals surface area contributed by atoms with Crippen LogP contribution in [0.5, 0.6) is 0 Å². The normalized spacial score (nSPS) is 12.9. The second kappa shape index (κ2) is 8.47. The highest BCUT2D eigenvalue weighted by atomic mass is 35.5. The second-order valence-electron chi connectivity index (χ2n) is 4.34. The van der Waals surface area contributed by atoms with E-state index >= 15 is 0 Å². The van der Waals surface area contributed by atoms with Crippen molar-refractivity contribution in [1.29, 1.82) is 5.41 Å². The van der Waals surface area contributed by atoms with Crippen LogP contribution in [0.4, 0.5) is 23.7 Å². The lowest BCUT2D eigenvalue weighted by Crippen LogP contribution is -2.50. The molecule has 2 N–H and O–H groups in total. The van der Waals surface area contributed by atoms with Gasteiger partial charge < -0.3 is 10.2 Å². The van der Waals surface area contributed by atoms with Crippen LogP contribution in [0, 0.1) is 5.41 Å². The zero-order chi connectivity index (χ0) is 17.5. The lowest BCUT2D eigenvalue weighted by molar-refractivity contribution is -0.123. The fraction of sp³-hybridized carbons (Fsp3) is 0.385. The fourth-order valence-electron chi connectivity index (χ4n) is 1.61. The van der Waals surface area contributed by atoms with Crippen molar-refractivity contribution < 1.29 is 18.0 Å². The zero-order valence-electron chi connectivity index (χ0n) is 12.1. The molecule has 0 aliphatic rings. The first kappa shape index (κ1) is 18.9. The number of amides is 2. The van der Waals surface area contributed by atoms with Crippen molar-refractivity contribution in [3.63, 3.8) is 0 Å². The highest BCUT2D eigenvalue weighted by Gasteiger charge is 2.30. The van der Waals surface area contributed by atoms with Crippen LogP contribution in [-0.4, -0.2) is 52.6 Å². The molecule has 1 aromatic rings. The Morgan fingerprint density at radius 1 is 1.61 bits per heavy atom. The van der Waals surface area contributed by atoms with Gasteiger partial charge in [0.2, 0.25) is 0 Å². The van der Waals surface area contributed by atoms with Crippen molar-refractivity contribution in [2.24, 2.45) is 4.99 Å². The predicted octanol–water partition coefficient (Wildman–Crippen LogP) is 2.96. The van der Waals surface area contributed by atoms with E-state index in [2.05, 4.69) is 9.98 Å². The molecule has 1 atom stereocenters. The van der Waals surface area contributed by atoms with Crippen LogP contribution >= 0.6 is 11.6 Å². The van der Waals surface area contributed by atoms with Gasteiger partial charge in [-0.25, -0.2) is 4.79 Å². The summed E-state index contributed by atoms with van der Waals surface area (Å²) >= 11 is 5.65. The molecule has 0 saturated carbocycles. The lowest BCUT2D eigenvalue weighted by atomic mass is 10.3. The van der Waals surface area contributed by atoms with Crippen molar-refractivity contribution in [3.05, 3.63) is 24.5 Å². The summed E-state index contributed by atoms with van der Waals surface area (Å²) in [5.41, 5.74) is 0.460. The number of hydrogen-bond donors (Lipinski definition) is 2. The third-order valence-corrected chi connectivity index (χ3v) is 2.87. The molecule has 1 aromatic heterocycles. The first-order valence-corrected chi connectivity index (χ1v) is 6.91. The van der Waals surface area contributed by atoms with Crippen LogP contribution in [0.1, 0.15) is 6.92 Å². The highest BCUT2D eigenvalue weighted by Crippen LogP contribution is 2.13. The highest BCUT2D eigenvalue weighted by molar-refractivity contribution is 6.67. The van der Waals surface area contributed by atoms with Gasteiger partial charge in [-0.3, -0.25) is 15.4 Å². The molecule has 0 bridgehead atoms. The Kier molecular flexibility index (Phi) is 6.95. The summed E-state index contributed by atoms with van der Waals surface area (Å²) in [6.45, 7) is 0.130. The van der Waals surface area contributed by atoms with Crippen LogP contribution in [0.2, 0.25) is 0 Å². The van der Waals surface area contributed by atoms with E-state index in [0.29, 0.717) is 5.69 Å². The third kappa shape index (κ3) is 6.64. The maximum absolute atomic E-state index is 12.2. The van der Waals surface area contributed by atoms with E-state index in [0.717, 1.165) is 4.90 Å². The minimum Gasteiger partial charge on any atom is -0.329 e. The van der Waals surface area contributed by atoms with Crippen molar-refractivity contribution in [2.75, 3.05) is 13.1 Å². The SMILES string of the molecule is CCN(C(=O)NCC(F)(F)F)C(C=Nc1cccnc1)C(=N)Cl. The molecule has 2 amide bonds. The summed E-state index contributed by atoms with van der Waals surface area (Å²) in [5.74, 6) is 0. The molecular weight excluding hydrogens is 335 g/mol. The predicted molar refractivity (Wildman–Crippen MR) is 81.6 cm³/mol. The number of alkyl halides is 3. The average molecular weight is 350 g/mol. The van der Waals surface area contributed by atoms with Crippen molar-refractivity contribution >= 4 is 34.7 Å². The molecule has 23 heavy (non-hydrogen) atoms. The van der Waals surface area contributed by atoms with Gasteiger partial charge in [0, 0.05) is 19.0 Å². The minimum absolute atomic E-state index is 0.0442. The molecule has 126 valence electrons. The Morgan fingerprint density at radius 2 is 2.30 bits per heavy atom. The van der Waals surface area contributed by atoms with Crippen LogP contribution in [0.25, 0.3) is 0 Å². The maximum atomic E-state index is 12.2. The smallest absolute Gasteiger partial charge is 0.329 e. The number of aromatic nitrogens is 1. The molecule has 0 spiro atoms. The van der Waals surface area contributed by atoms with Gasteiger partial charge in [0.05, 0.1) is 11.9 Å². The summed E-state index contributed by atoms with van der Waals surface area (Å²) in [7, 11) is 0. The average Bonchev–Trinajstić information content (AvgIpc) is 2.49. The molecule has 0 aliphatic carbocycles. The maximum Gasteiger partial charge on any atom is 0.405 e. The van der Waals surface area contributed by atoms with Crippen LogP contribution < -0.4 is 5.32 Å². The Balaban J connectivity index is 2.86. The van der Waals surface area contributed by atoms with E-state index in [1.165, 1.54) is 12.4 Å². The van der Waals surface area contributed by atoms with Gasteiger partial charge in [-0.1, -0.05) is 11.6 Å². The number of nitrogens with one attached hydrogen (secondary N) is 2. The second-order valence-corrected chi connectivity index (χ2v) is 4.75. The molecule has 1 unspecified atom stereocenters. The molecule has 0 fully saturated rings. The quantitative estimate of drug-likeness (QED) is 0.774. The Labute approximate surface area is 135 Å². The Morgan fingerprint density at radius 3 is 2.78 bits per heavy atom. The van der Waals surface area contributed by atoms with E-state index in [4.69, 9.17) is 17.0 Å². The molecule has 0 aromatic carbocycles. The molecular formula is C13H15ClF3N5O. The van der Waals surface area contributed by atoms with Gasteiger partial charge in [-0.15, -0.1) is 0 Å². The standard InChI is InChI=1S/C13H15ClF3N5O/c1-2-22(12(23)21-8-13(15,16)17)10(11(14)18)7-20-9-4-3-5-19-6-9/h3-7,10,18H,2,8H2,1H3,(H,21,23). The largest absolute Gasteiger partial charge is 0.405 e. The van der Waals surface area contributed by atoms with Gasteiger partial charge in [0.25, 0.3) is 0 Å². The number of halogens is 4. The van der Waals surface area contributed by atoms with Gasteiger partial charge >= 0.3 is 12.2 Å². The number of urea groups is 1. The van der Waals surface area contributed by atoms with E-state index < -0.39 is 30.0 Å². The van der Waals surface area contributed by atoms with Crippen molar-refractivity contribution in [1.82, 2.24) is 15.2 Å². The van der Waals surface area contributed by atoms with Gasteiger partial charge in [0.1, 0.15) is 17.8 Å². The molecule has 6 nitrogen and oxygen atoms in total. The number of nitrogens with zero attached hydrogens (tertiary/aromatic N) is 3. The Hall–Kier alpha value is -2.16. The third-order valence-electron chi connectivity index (χ3n) is 2.65. The lowest BCUT2D eigenvalue weighted by Gasteiger charge is -2.27. The number of pyridine rings is 1. The number of hydrogen-bond acceptors (Lipinski definition) is 4. The first-order chi connectivity index (χ1) is 10.7. The summed E-state index contributed by atoms with van der Waals surface area (Å²) in [5, 5.41) is 8.81. The fourth-order valence-corrected chi connectivity index (χ4v) is 1.79. The topological polar surface area (TPSA) is 81.4 Å². The van der Waals surface area contributed by atoms with Gasteiger partial charge in [-0.2, -0.15) is 13.2 Å². The number of rotatable bonds is 6. The first-order valence-electron chi connectivity index (χ1n) is 6.54. The van der Waals surface area contributed by atoms with Crippen molar-refractivity contribution in [2.45, 2.75) is 19.1 Å².